The molecule has 122 valence electrons. The van der Waals surface area contributed by atoms with Crippen molar-refractivity contribution in [2.24, 2.45) is 0 Å². The number of halogens is 2. The van der Waals surface area contributed by atoms with E-state index in [1.807, 2.05) is 6.07 Å². The maximum Gasteiger partial charge on any atom is 0.141 e. The molecule has 1 aliphatic rings. The Hall–Kier alpha value is -1.42. The highest BCUT2D eigenvalue weighted by Crippen LogP contribution is 2.18. The number of rotatable bonds is 4. The smallest absolute Gasteiger partial charge is 0.141 e. The van der Waals surface area contributed by atoms with Gasteiger partial charge in [0.05, 0.1) is 5.02 Å². The Labute approximate surface area is 142 Å². The molecule has 0 radical (unpaired) electrons. The fraction of sp³-hybridized carbons (Fsp3) is 0.368. The van der Waals surface area contributed by atoms with Crippen LogP contribution in [0.15, 0.2) is 42.5 Å². The zero-order chi connectivity index (χ0) is 16.2. The largest absolute Gasteiger partial charge is 0.297 e. The summed E-state index contributed by atoms with van der Waals surface area (Å²) in [6.07, 6.45) is 0. The Morgan fingerprint density at radius 2 is 1.39 bits per heavy atom. The molecule has 0 saturated carbocycles. The van der Waals surface area contributed by atoms with Gasteiger partial charge in [0.1, 0.15) is 5.82 Å². The van der Waals surface area contributed by atoms with Crippen molar-refractivity contribution in [2.45, 2.75) is 20.0 Å². The van der Waals surface area contributed by atoms with E-state index in [0.29, 0.717) is 0 Å². The van der Waals surface area contributed by atoms with Crippen LogP contribution < -0.4 is 0 Å². The van der Waals surface area contributed by atoms with E-state index >= 15 is 0 Å². The molecule has 1 fully saturated rings. The second-order valence-corrected chi connectivity index (χ2v) is 6.69. The van der Waals surface area contributed by atoms with Crippen molar-refractivity contribution < 1.29 is 4.39 Å². The van der Waals surface area contributed by atoms with Gasteiger partial charge in [-0.3, -0.25) is 9.80 Å². The first-order valence-corrected chi connectivity index (χ1v) is 8.42. The van der Waals surface area contributed by atoms with Crippen molar-refractivity contribution in [2.75, 3.05) is 26.2 Å². The van der Waals surface area contributed by atoms with E-state index in [4.69, 9.17) is 11.6 Å². The summed E-state index contributed by atoms with van der Waals surface area (Å²) in [5, 5.41) is 0.209. The van der Waals surface area contributed by atoms with Gasteiger partial charge >= 0.3 is 0 Å². The average molecular weight is 333 g/mol. The molecule has 3 rings (SSSR count). The zero-order valence-electron chi connectivity index (χ0n) is 13.4. The van der Waals surface area contributed by atoms with Crippen LogP contribution in [0.4, 0.5) is 4.39 Å². The first kappa shape index (κ1) is 16.4. The third-order valence-corrected chi connectivity index (χ3v) is 4.67. The zero-order valence-corrected chi connectivity index (χ0v) is 14.2. The van der Waals surface area contributed by atoms with Crippen molar-refractivity contribution in [3.05, 3.63) is 70.0 Å². The van der Waals surface area contributed by atoms with E-state index < -0.39 is 0 Å². The van der Waals surface area contributed by atoms with E-state index in [0.717, 1.165) is 44.8 Å². The van der Waals surface area contributed by atoms with E-state index in [9.17, 15) is 4.39 Å². The summed E-state index contributed by atoms with van der Waals surface area (Å²) in [5.74, 6) is -0.349. The molecule has 0 atom stereocenters. The van der Waals surface area contributed by atoms with Crippen LogP contribution in [0.25, 0.3) is 0 Å². The SMILES string of the molecule is Cc1ccc(CN2CCN(Cc3ccc(F)c(Cl)c3)CC2)cc1. The quantitative estimate of drug-likeness (QED) is 0.831. The predicted molar refractivity (Wildman–Crippen MR) is 93.1 cm³/mol. The molecule has 2 nitrogen and oxygen atoms in total. The van der Waals surface area contributed by atoms with Crippen molar-refractivity contribution in [3.63, 3.8) is 0 Å². The molecule has 0 spiro atoms. The van der Waals surface area contributed by atoms with E-state index in [1.165, 1.54) is 17.2 Å². The van der Waals surface area contributed by atoms with E-state index in [1.54, 1.807) is 6.07 Å². The second kappa shape index (κ2) is 7.43. The predicted octanol–water partition coefficient (Wildman–Crippen LogP) is 4.11. The van der Waals surface area contributed by atoms with Gasteiger partial charge in [-0.05, 0) is 30.2 Å². The van der Waals surface area contributed by atoms with Gasteiger partial charge in [0.2, 0.25) is 0 Å². The maximum absolute atomic E-state index is 13.2. The fourth-order valence-corrected chi connectivity index (χ4v) is 3.16. The van der Waals surface area contributed by atoms with Crippen LogP contribution in [0, 0.1) is 12.7 Å². The molecule has 2 aromatic carbocycles. The highest BCUT2D eigenvalue weighted by Gasteiger charge is 2.17. The van der Waals surface area contributed by atoms with Gasteiger partial charge in [-0.1, -0.05) is 47.5 Å². The van der Waals surface area contributed by atoms with Gasteiger partial charge in [0.25, 0.3) is 0 Å². The Morgan fingerprint density at radius 1 is 0.870 bits per heavy atom. The summed E-state index contributed by atoms with van der Waals surface area (Å²) in [5.41, 5.74) is 3.74. The lowest BCUT2D eigenvalue weighted by atomic mass is 10.1. The summed E-state index contributed by atoms with van der Waals surface area (Å²) < 4.78 is 13.2. The first-order chi connectivity index (χ1) is 11.1. The Balaban J connectivity index is 1.50. The molecule has 2 aromatic rings. The minimum absolute atomic E-state index is 0.209. The van der Waals surface area contributed by atoms with Crippen molar-refractivity contribution in [3.8, 4) is 0 Å². The summed E-state index contributed by atoms with van der Waals surface area (Å²) in [7, 11) is 0. The molecule has 1 saturated heterocycles. The highest BCUT2D eigenvalue weighted by atomic mass is 35.5. The molecule has 23 heavy (non-hydrogen) atoms. The minimum atomic E-state index is -0.349. The molecule has 0 bridgehead atoms. The average Bonchev–Trinajstić information content (AvgIpc) is 2.55. The number of hydrogen-bond acceptors (Lipinski definition) is 2. The van der Waals surface area contributed by atoms with Crippen LogP contribution in [0.3, 0.4) is 0 Å². The highest BCUT2D eigenvalue weighted by molar-refractivity contribution is 6.30. The third kappa shape index (κ3) is 4.54. The summed E-state index contributed by atoms with van der Waals surface area (Å²) >= 11 is 5.85. The normalized spacial score (nSPS) is 16.7. The first-order valence-electron chi connectivity index (χ1n) is 8.04. The van der Waals surface area contributed by atoms with Crippen LogP contribution in [0.1, 0.15) is 16.7 Å². The summed E-state index contributed by atoms with van der Waals surface area (Å²) in [6.45, 7) is 8.13. The van der Waals surface area contributed by atoms with Crippen LogP contribution in [0.5, 0.6) is 0 Å². The van der Waals surface area contributed by atoms with E-state index in [-0.39, 0.29) is 10.8 Å². The van der Waals surface area contributed by atoms with Crippen LogP contribution in [0.2, 0.25) is 5.02 Å². The van der Waals surface area contributed by atoms with Gasteiger partial charge in [-0.15, -0.1) is 0 Å². The van der Waals surface area contributed by atoms with Crippen molar-refractivity contribution in [1.82, 2.24) is 9.80 Å². The molecule has 0 N–H and O–H groups in total. The van der Waals surface area contributed by atoms with Crippen molar-refractivity contribution >= 4 is 11.6 Å². The lowest BCUT2D eigenvalue weighted by Gasteiger charge is -2.34. The second-order valence-electron chi connectivity index (χ2n) is 6.29. The molecular formula is C19H22ClFN2. The van der Waals surface area contributed by atoms with Crippen LogP contribution in [-0.4, -0.2) is 36.0 Å². The third-order valence-electron chi connectivity index (χ3n) is 4.38. The molecule has 1 heterocycles. The number of nitrogens with zero attached hydrogens (tertiary/aromatic N) is 2. The fourth-order valence-electron chi connectivity index (χ4n) is 2.95. The topological polar surface area (TPSA) is 6.48 Å². The number of piperazine rings is 1. The molecule has 0 aliphatic carbocycles. The number of aryl methyl sites for hydroxylation is 1. The number of benzene rings is 2. The molecule has 0 aromatic heterocycles. The molecular weight excluding hydrogens is 311 g/mol. The van der Waals surface area contributed by atoms with Crippen LogP contribution in [-0.2, 0) is 13.1 Å². The van der Waals surface area contributed by atoms with Gasteiger partial charge in [-0.2, -0.15) is 0 Å². The molecule has 0 unspecified atom stereocenters. The van der Waals surface area contributed by atoms with Crippen LogP contribution >= 0.6 is 11.6 Å². The minimum Gasteiger partial charge on any atom is -0.297 e. The maximum atomic E-state index is 13.2. The van der Waals surface area contributed by atoms with E-state index in [2.05, 4.69) is 41.0 Å². The van der Waals surface area contributed by atoms with Crippen molar-refractivity contribution in [1.29, 1.82) is 0 Å². The lowest BCUT2D eigenvalue weighted by molar-refractivity contribution is 0.122. The summed E-state index contributed by atoms with van der Waals surface area (Å²) in [4.78, 5) is 4.88. The summed E-state index contributed by atoms with van der Waals surface area (Å²) in [6, 6.07) is 13.8. The Morgan fingerprint density at radius 3 is 1.96 bits per heavy atom. The monoisotopic (exact) mass is 332 g/mol. The lowest BCUT2D eigenvalue weighted by Crippen LogP contribution is -2.45. The molecule has 1 aliphatic heterocycles. The molecule has 0 amide bonds. The standard InChI is InChI=1S/C19H22ClFN2/c1-15-2-4-16(5-3-15)13-22-8-10-23(11-9-22)14-17-6-7-19(21)18(20)12-17/h2-7,12H,8-11,13-14H2,1H3. The number of hydrogen-bond donors (Lipinski definition) is 0. The molecule has 4 heteroatoms. The Bertz CT molecular complexity index is 649. The van der Waals surface area contributed by atoms with Gasteiger partial charge in [0.15, 0.2) is 0 Å². The van der Waals surface area contributed by atoms with Gasteiger partial charge in [0, 0.05) is 39.3 Å². The van der Waals surface area contributed by atoms with Gasteiger partial charge < -0.3 is 0 Å². The Kier molecular flexibility index (Phi) is 5.31. The van der Waals surface area contributed by atoms with Gasteiger partial charge in [-0.25, -0.2) is 4.39 Å².